The molecule has 152 valence electrons. The zero-order valence-electron chi connectivity index (χ0n) is 16.1. The van der Waals surface area contributed by atoms with Crippen molar-refractivity contribution in [2.24, 2.45) is 0 Å². The second-order valence-corrected chi connectivity index (χ2v) is 8.98. The van der Waals surface area contributed by atoms with Crippen LogP contribution in [0.3, 0.4) is 0 Å². The first-order chi connectivity index (χ1) is 13.9. The molecule has 0 radical (unpaired) electrons. The Morgan fingerprint density at radius 2 is 1.31 bits per heavy atom. The van der Waals surface area contributed by atoms with Crippen LogP contribution in [-0.2, 0) is 9.84 Å². The Morgan fingerprint density at radius 3 is 1.72 bits per heavy atom. The Balaban J connectivity index is 1.87. The maximum absolute atomic E-state index is 13.9. The van der Waals surface area contributed by atoms with Gasteiger partial charge in [-0.3, -0.25) is 5.32 Å². The molecule has 2 atom stereocenters. The van der Waals surface area contributed by atoms with Crippen LogP contribution in [-0.4, -0.2) is 32.5 Å². The maximum atomic E-state index is 13.9. The quantitative estimate of drug-likeness (QED) is 0.589. The fourth-order valence-electron chi connectivity index (χ4n) is 3.25. The monoisotopic (exact) mass is 413 g/mol. The molecule has 0 heterocycles. The summed E-state index contributed by atoms with van der Waals surface area (Å²) in [6.07, 6.45) is -0.0159. The molecule has 0 saturated carbocycles. The third-order valence-electron chi connectivity index (χ3n) is 4.84. The van der Waals surface area contributed by atoms with Crippen LogP contribution in [0.4, 0.5) is 4.39 Å². The van der Waals surface area contributed by atoms with Crippen molar-refractivity contribution in [3.63, 3.8) is 0 Å². The molecule has 0 amide bonds. The largest absolute Gasteiger partial charge is 0.387 e. The summed E-state index contributed by atoms with van der Waals surface area (Å²) < 4.78 is 37.2. The van der Waals surface area contributed by atoms with Crippen molar-refractivity contribution in [1.29, 1.82) is 0 Å². The molecule has 2 N–H and O–H groups in total. The van der Waals surface area contributed by atoms with Crippen molar-refractivity contribution in [3.8, 4) is 0 Å². The lowest BCUT2D eigenvalue weighted by Gasteiger charge is -2.28. The van der Waals surface area contributed by atoms with Gasteiger partial charge in [0.1, 0.15) is 6.67 Å². The zero-order valence-corrected chi connectivity index (χ0v) is 16.9. The predicted octanol–water partition coefficient (Wildman–Crippen LogP) is 3.84. The van der Waals surface area contributed by atoms with Crippen LogP contribution in [0.15, 0.2) is 89.8 Å². The van der Waals surface area contributed by atoms with Gasteiger partial charge in [0.2, 0.25) is 0 Å². The molecule has 0 aliphatic heterocycles. The van der Waals surface area contributed by atoms with Crippen LogP contribution < -0.4 is 5.32 Å². The smallest absolute Gasteiger partial charge is 0.175 e. The Morgan fingerprint density at radius 1 is 0.828 bits per heavy atom. The highest BCUT2D eigenvalue weighted by Crippen LogP contribution is 2.26. The van der Waals surface area contributed by atoms with Crippen molar-refractivity contribution in [2.45, 2.75) is 23.1 Å². The number of halogens is 1. The van der Waals surface area contributed by atoms with Crippen LogP contribution >= 0.6 is 0 Å². The number of hydrogen-bond donors (Lipinski definition) is 2. The molecule has 29 heavy (non-hydrogen) atoms. The maximum Gasteiger partial charge on any atom is 0.175 e. The molecule has 0 aliphatic carbocycles. The van der Waals surface area contributed by atoms with E-state index in [0.717, 1.165) is 17.4 Å². The van der Waals surface area contributed by atoms with Gasteiger partial charge in [-0.1, -0.05) is 72.8 Å². The van der Waals surface area contributed by atoms with Crippen LogP contribution in [0.25, 0.3) is 0 Å². The van der Waals surface area contributed by atoms with Gasteiger partial charge in [-0.05, 0) is 28.8 Å². The average molecular weight is 414 g/mol. The van der Waals surface area contributed by atoms with E-state index >= 15 is 0 Å². The summed E-state index contributed by atoms with van der Waals surface area (Å²) in [4.78, 5) is 0.157. The summed E-state index contributed by atoms with van der Waals surface area (Å²) in [7, 11) is -3.33. The van der Waals surface area contributed by atoms with Gasteiger partial charge in [0.15, 0.2) is 9.84 Å². The lowest BCUT2D eigenvalue weighted by atomic mass is 9.95. The van der Waals surface area contributed by atoms with Crippen molar-refractivity contribution < 1.29 is 17.9 Å². The van der Waals surface area contributed by atoms with Gasteiger partial charge < -0.3 is 5.11 Å². The molecule has 0 saturated heterocycles. The number of aliphatic hydroxyl groups is 1. The summed E-state index contributed by atoms with van der Waals surface area (Å²) in [5.41, 5.74) is 2.36. The van der Waals surface area contributed by atoms with Crippen LogP contribution in [0.2, 0.25) is 0 Å². The fraction of sp³-hybridized carbons (Fsp3) is 0.217. The minimum atomic E-state index is -3.33. The van der Waals surface area contributed by atoms with Gasteiger partial charge in [-0.25, -0.2) is 12.8 Å². The second kappa shape index (κ2) is 9.31. The van der Waals surface area contributed by atoms with E-state index in [0.29, 0.717) is 5.56 Å². The minimum Gasteiger partial charge on any atom is -0.387 e. The highest BCUT2D eigenvalue weighted by Gasteiger charge is 2.26. The first-order valence-electron chi connectivity index (χ1n) is 9.30. The Kier molecular flexibility index (Phi) is 6.79. The molecule has 3 aromatic rings. The molecular weight excluding hydrogens is 389 g/mol. The van der Waals surface area contributed by atoms with Gasteiger partial charge >= 0.3 is 0 Å². The first kappa shape index (κ1) is 21.2. The number of rotatable bonds is 8. The van der Waals surface area contributed by atoms with E-state index < -0.39 is 28.7 Å². The van der Waals surface area contributed by atoms with E-state index in [4.69, 9.17) is 0 Å². The van der Waals surface area contributed by atoms with Crippen molar-refractivity contribution >= 4 is 9.84 Å². The van der Waals surface area contributed by atoms with Gasteiger partial charge in [-0.15, -0.1) is 0 Å². The predicted molar refractivity (Wildman–Crippen MR) is 112 cm³/mol. The molecule has 6 heteroatoms. The van der Waals surface area contributed by atoms with Crippen molar-refractivity contribution in [2.75, 3.05) is 12.9 Å². The summed E-state index contributed by atoms with van der Waals surface area (Å²) in [6, 6.07) is 24.0. The molecule has 0 aromatic heterocycles. The van der Waals surface area contributed by atoms with Gasteiger partial charge in [0.05, 0.1) is 23.1 Å². The normalized spacial score (nSPS) is 13.9. The highest BCUT2D eigenvalue weighted by molar-refractivity contribution is 7.90. The summed E-state index contributed by atoms with van der Waals surface area (Å²) in [6.45, 7) is -0.787. The third-order valence-corrected chi connectivity index (χ3v) is 5.97. The van der Waals surface area contributed by atoms with Gasteiger partial charge in [0, 0.05) is 6.26 Å². The van der Waals surface area contributed by atoms with Gasteiger partial charge in [-0.2, -0.15) is 0 Å². The molecule has 4 nitrogen and oxygen atoms in total. The lowest BCUT2D eigenvalue weighted by Crippen LogP contribution is -2.39. The van der Waals surface area contributed by atoms with E-state index in [-0.39, 0.29) is 10.9 Å². The highest BCUT2D eigenvalue weighted by atomic mass is 32.2. The third kappa shape index (κ3) is 5.29. The number of alkyl halides is 1. The number of aliphatic hydroxyl groups excluding tert-OH is 1. The number of nitrogens with one attached hydrogen (secondary N) is 1. The van der Waals surface area contributed by atoms with Gasteiger partial charge in [0.25, 0.3) is 0 Å². The standard InChI is InChI=1S/C23H24FNO3S/c1-29(27,28)20-14-12-19(13-15-20)23(26)21(16-24)25-22(17-8-4-2-5-9-17)18-10-6-3-7-11-18/h2-15,21-23,25-26H,16H2,1H3/t21-,23-/m1/s1. The van der Waals surface area contributed by atoms with E-state index in [1.807, 2.05) is 60.7 Å². The molecule has 0 spiro atoms. The number of hydrogen-bond acceptors (Lipinski definition) is 4. The molecule has 0 unspecified atom stereocenters. The van der Waals surface area contributed by atoms with E-state index in [2.05, 4.69) is 5.32 Å². The molecule has 0 bridgehead atoms. The summed E-state index contributed by atoms with van der Waals surface area (Å²) >= 11 is 0. The molecule has 0 fully saturated rings. The Labute approximate surface area is 171 Å². The van der Waals surface area contributed by atoms with Crippen LogP contribution in [0, 0.1) is 0 Å². The fourth-order valence-corrected chi connectivity index (χ4v) is 3.89. The van der Waals surface area contributed by atoms with E-state index in [1.165, 1.54) is 24.3 Å². The number of benzene rings is 3. The topological polar surface area (TPSA) is 66.4 Å². The zero-order chi connectivity index (χ0) is 20.9. The molecular formula is C23H24FNO3S. The average Bonchev–Trinajstić information content (AvgIpc) is 2.75. The first-order valence-corrected chi connectivity index (χ1v) is 11.2. The molecule has 3 rings (SSSR count). The van der Waals surface area contributed by atoms with E-state index in [1.54, 1.807) is 0 Å². The Bertz CT molecular complexity index is 970. The molecule has 0 aliphatic rings. The van der Waals surface area contributed by atoms with E-state index in [9.17, 15) is 17.9 Å². The Hall–Kier alpha value is -2.54. The summed E-state index contributed by atoms with van der Waals surface area (Å²) in [5, 5.41) is 14.0. The lowest BCUT2D eigenvalue weighted by molar-refractivity contribution is 0.109. The summed E-state index contributed by atoms with van der Waals surface area (Å²) in [5.74, 6) is 0. The SMILES string of the molecule is CS(=O)(=O)c1ccc([C@@H](O)[C@@H](CF)NC(c2ccccc2)c2ccccc2)cc1. The molecule has 3 aromatic carbocycles. The van der Waals surface area contributed by atoms with Crippen molar-refractivity contribution in [1.82, 2.24) is 5.32 Å². The van der Waals surface area contributed by atoms with Crippen LogP contribution in [0.1, 0.15) is 28.8 Å². The van der Waals surface area contributed by atoms with Crippen LogP contribution in [0.5, 0.6) is 0 Å². The van der Waals surface area contributed by atoms with Crippen molar-refractivity contribution in [3.05, 3.63) is 102 Å². The minimum absolute atomic E-state index is 0.157. The second-order valence-electron chi connectivity index (χ2n) is 6.97. The number of sulfone groups is 1.